The first-order valence-electron chi connectivity index (χ1n) is 19.6. The Labute approximate surface area is 329 Å². The molecule has 0 nitrogen and oxygen atoms in total. The van der Waals surface area contributed by atoms with Crippen molar-refractivity contribution in [1.82, 2.24) is 0 Å². The number of hydrogen-bond acceptors (Lipinski definition) is 0. The first kappa shape index (κ1) is 38.7. The van der Waals surface area contributed by atoms with Crippen molar-refractivity contribution in [3.05, 3.63) is 240 Å². The molecule has 0 radical (unpaired) electrons. The van der Waals surface area contributed by atoms with Gasteiger partial charge in [0, 0.05) is 5.41 Å². The average Bonchev–Trinajstić information content (AvgIpc) is 3.22. The first-order chi connectivity index (χ1) is 26.8. The molecule has 8 aromatic carbocycles. The van der Waals surface area contributed by atoms with Crippen LogP contribution in [0, 0.1) is 13.8 Å². The van der Waals surface area contributed by atoms with Gasteiger partial charge in [-0.25, -0.2) is 0 Å². The maximum absolute atomic E-state index is 3.84. The first-order valence-corrected chi connectivity index (χ1v) is 19.6. The molecule has 8 aromatic rings. The molecule has 0 bridgehead atoms. The molecule has 0 atom stereocenters. The van der Waals surface area contributed by atoms with Gasteiger partial charge in [0.25, 0.3) is 0 Å². The van der Waals surface area contributed by atoms with E-state index in [4.69, 9.17) is 0 Å². The van der Waals surface area contributed by atoms with Gasteiger partial charge in [0.05, 0.1) is 0 Å². The summed E-state index contributed by atoms with van der Waals surface area (Å²) in [6.45, 7) is 12.7. The highest BCUT2D eigenvalue weighted by Crippen LogP contribution is 2.34. The summed E-state index contributed by atoms with van der Waals surface area (Å²) in [6.07, 6.45) is 6.28. The fourth-order valence-corrected chi connectivity index (χ4v) is 7.24. The summed E-state index contributed by atoms with van der Waals surface area (Å²) in [6, 6.07) is 67.7. The maximum atomic E-state index is 3.84. The van der Waals surface area contributed by atoms with Crippen molar-refractivity contribution >= 4 is 21.5 Å². The zero-order chi connectivity index (χ0) is 38.5. The van der Waals surface area contributed by atoms with E-state index < -0.39 is 0 Å². The third-order valence-electron chi connectivity index (χ3n) is 10.6. The Morgan fingerprint density at radius 2 is 1.07 bits per heavy atom. The summed E-state index contributed by atoms with van der Waals surface area (Å²) in [7, 11) is 0. The van der Waals surface area contributed by atoms with E-state index in [-0.39, 0.29) is 5.41 Å². The summed E-state index contributed by atoms with van der Waals surface area (Å²) in [5, 5.41) is 5.32. The van der Waals surface area contributed by atoms with Crippen LogP contribution in [-0.4, -0.2) is 0 Å². The van der Waals surface area contributed by atoms with Gasteiger partial charge >= 0.3 is 0 Å². The van der Waals surface area contributed by atoms with Crippen molar-refractivity contribution in [2.45, 2.75) is 58.8 Å². The average molecular weight is 715 g/mol. The molecule has 0 spiro atoms. The van der Waals surface area contributed by atoms with Gasteiger partial charge < -0.3 is 0 Å². The standard InChI is InChI=1S/C37H36.C11H10.C7H8/c1-4-5-6-12-28-21-23-34(24-22-28)37(2,3)35-19-11-17-32(27-35)31-16-9-13-29(25-31)26-33-18-10-15-30-14-7-8-20-36(30)33;1-9-5-4-7-10-6-2-3-8-11(9)10;1-7-5-3-2-4-6-7/h4,7-11,13-25,27H,1,5-6,12,26H2,2-3H3;2-8H,1H3;2-6H,1H3. The fraction of sp³-hybridized carbons (Fsp3) is 0.164. The van der Waals surface area contributed by atoms with E-state index in [1.54, 1.807) is 0 Å². The van der Waals surface area contributed by atoms with E-state index in [2.05, 4.69) is 204 Å². The molecule has 274 valence electrons. The van der Waals surface area contributed by atoms with Gasteiger partial charge in [0.1, 0.15) is 0 Å². The molecule has 0 saturated heterocycles. The molecule has 0 saturated carbocycles. The van der Waals surface area contributed by atoms with Crippen LogP contribution in [0.5, 0.6) is 0 Å². The highest BCUT2D eigenvalue weighted by atomic mass is 14.3. The molecule has 55 heavy (non-hydrogen) atoms. The molecule has 0 unspecified atom stereocenters. The molecular formula is C55H54. The number of unbranched alkanes of at least 4 members (excludes halogenated alkanes) is 1. The lowest BCUT2D eigenvalue weighted by molar-refractivity contribution is 0.640. The number of fused-ring (bicyclic) bond motifs is 2. The van der Waals surface area contributed by atoms with Crippen LogP contribution in [0.2, 0.25) is 0 Å². The third kappa shape index (κ3) is 10.4. The van der Waals surface area contributed by atoms with E-state index in [1.165, 1.54) is 71.6 Å². The number of aryl methyl sites for hydroxylation is 3. The second-order valence-corrected chi connectivity index (χ2v) is 15.0. The zero-order valence-electron chi connectivity index (χ0n) is 33.0. The molecule has 0 aliphatic rings. The number of allylic oxidation sites excluding steroid dienone is 1. The normalized spacial score (nSPS) is 10.9. The Morgan fingerprint density at radius 3 is 1.75 bits per heavy atom. The van der Waals surface area contributed by atoms with Crippen LogP contribution >= 0.6 is 0 Å². The summed E-state index contributed by atoms with van der Waals surface area (Å²) < 4.78 is 0. The maximum Gasteiger partial charge on any atom is 0.0146 e. The van der Waals surface area contributed by atoms with Crippen molar-refractivity contribution in [3.8, 4) is 11.1 Å². The van der Waals surface area contributed by atoms with E-state index in [1.807, 2.05) is 24.3 Å². The number of benzene rings is 8. The van der Waals surface area contributed by atoms with E-state index in [0.717, 1.165) is 25.7 Å². The molecule has 0 amide bonds. The van der Waals surface area contributed by atoms with Crippen LogP contribution in [0.1, 0.15) is 65.6 Å². The molecule has 0 aliphatic carbocycles. The second-order valence-electron chi connectivity index (χ2n) is 15.0. The largest absolute Gasteiger partial charge is 0.103 e. The Kier molecular flexibility index (Phi) is 13.3. The lowest BCUT2D eigenvalue weighted by Crippen LogP contribution is -2.18. The SMILES string of the molecule is C=CCCCc1ccc(C(C)(C)c2cccc(-c3cccc(Cc4cccc5ccccc45)c3)c2)cc1.Cc1cccc2ccccc12.Cc1ccccc1. The summed E-state index contributed by atoms with van der Waals surface area (Å²) in [5.41, 5.74) is 11.9. The molecule has 0 N–H and O–H groups in total. The van der Waals surface area contributed by atoms with Gasteiger partial charge in [-0.1, -0.05) is 214 Å². The highest BCUT2D eigenvalue weighted by Gasteiger charge is 2.23. The van der Waals surface area contributed by atoms with Gasteiger partial charge in [-0.2, -0.15) is 0 Å². The lowest BCUT2D eigenvalue weighted by Gasteiger charge is -2.27. The van der Waals surface area contributed by atoms with Gasteiger partial charge in [0.15, 0.2) is 0 Å². The minimum atomic E-state index is -0.0732. The number of rotatable bonds is 9. The van der Waals surface area contributed by atoms with Crippen molar-refractivity contribution in [3.63, 3.8) is 0 Å². The lowest BCUT2D eigenvalue weighted by atomic mass is 9.77. The van der Waals surface area contributed by atoms with Crippen LogP contribution in [-0.2, 0) is 18.3 Å². The molecule has 0 heteroatoms. The van der Waals surface area contributed by atoms with Crippen LogP contribution in [0.3, 0.4) is 0 Å². The van der Waals surface area contributed by atoms with Crippen molar-refractivity contribution in [1.29, 1.82) is 0 Å². The van der Waals surface area contributed by atoms with E-state index in [0.29, 0.717) is 0 Å². The molecular weight excluding hydrogens is 661 g/mol. The predicted molar refractivity (Wildman–Crippen MR) is 240 cm³/mol. The second kappa shape index (κ2) is 18.9. The molecule has 8 rings (SSSR count). The van der Waals surface area contributed by atoms with Crippen LogP contribution < -0.4 is 0 Å². The van der Waals surface area contributed by atoms with Crippen LogP contribution in [0.4, 0.5) is 0 Å². The Hall–Kier alpha value is -5.98. The van der Waals surface area contributed by atoms with Crippen molar-refractivity contribution in [2.75, 3.05) is 0 Å². The quantitative estimate of drug-likeness (QED) is 0.103. The van der Waals surface area contributed by atoms with Gasteiger partial charge in [-0.05, 0) is 106 Å². The summed E-state index contributed by atoms with van der Waals surface area (Å²) >= 11 is 0. The third-order valence-corrected chi connectivity index (χ3v) is 10.6. The fourth-order valence-electron chi connectivity index (χ4n) is 7.24. The minimum Gasteiger partial charge on any atom is -0.103 e. The van der Waals surface area contributed by atoms with Crippen molar-refractivity contribution in [2.24, 2.45) is 0 Å². The van der Waals surface area contributed by atoms with Crippen molar-refractivity contribution < 1.29 is 0 Å². The van der Waals surface area contributed by atoms with Crippen LogP contribution in [0.15, 0.2) is 201 Å². The Balaban J connectivity index is 0.000000231. The van der Waals surface area contributed by atoms with Crippen LogP contribution in [0.25, 0.3) is 32.7 Å². The topological polar surface area (TPSA) is 0 Å². The van der Waals surface area contributed by atoms with E-state index >= 15 is 0 Å². The molecule has 0 fully saturated rings. The number of hydrogen-bond donors (Lipinski definition) is 0. The van der Waals surface area contributed by atoms with E-state index in [9.17, 15) is 0 Å². The van der Waals surface area contributed by atoms with Gasteiger partial charge in [-0.3, -0.25) is 0 Å². The summed E-state index contributed by atoms with van der Waals surface area (Å²) in [5.74, 6) is 0. The minimum absolute atomic E-state index is 0.0732. The monoisotopic (exact) mass is 714 g/mol. The predicted octanol–water partition coefficient (Wildman–Crippen LogP) is 15.1. The molecule has 0 heterocycles. The van der Waals surface area contributed by atoms with Gasteiger partial charge in [0.2, 0.25) is 0 Å². The molecule has 0 aromatic heterocycles. The Bertz CT molecular complexity index is 2420. The zero-order valence-corrected chi connectivity index (χ0v) is 33.0. The highest BCUT2D eigenvalue weighted by molar-refractivity contribution is 5.86. The summed E-state index contributed by atoms with van der Waals surface area (Å²) in [4.78, 5) is 0. The smallest absolute Gasteiger partial charge is 0.0146 e. The van der Waals surface area contributed by atoms with Gasteiger partial charge in [-0.15, -0.1) is 6.58 Å². The Morgan fingerprint density at radius 1 is 0.491 bits per heavy atom. The molecule has 0 aliphatic heterocycles.